The van der Waals surface area contributed by atoms with Crippen molar-refractivity contribution in [1.82, 2.24) is 0 Å². The molecule has 0 saturated heterocycles. The predicted octanol–water partition coefficient (Wildman–Crippen LogP) is 2.83. The van der Waals surface area contributed by atoms with E-state index >= 15 is 0 Å². The summed E-state index contributed by atoms with van der Waals surface area (Å²) in [7, 11) is 1.27. The first-order chi connectivity index (χ1) is 12.1. The number of esters is 1. The monoisotopic (exact) mass is 342 g/mol. The molecule has 1 aromatic carbocycles. The van der Waals surface area contributed by atoms with Crippen LogP contribution in [0.25, 0.3) is 0 Å². The highest BCUT2D eigenvalue weighted by Crippen LogP contribution is 2.42. The Morgan fingerprint density at radius 3 is 2.72 bits per heavy atom. The first kappa shape index (κ1) is 16.9. The van der Waals surface area contributed by atoms with E-state index in [0.717, 1.165) is 11.3 Å². The Bertz CT molecular complexity index is 785. The summed E-state index contributed by atoms with van der Waals surface area (Å²) in [6.07, 6.45) is 2.31. The summed E-state index contributed by atoms with van der Waals surface area (Å²) >= 11 is 0. The van der Waals surface area contributed by atoms with Gasteiger partial charge in [0.25, 0.3) is 0 Å². The second-order valence-electron chi connectivity index (χ2n) is 5.92. The van der Waals surface area contributed by atoms with E-state index in [1.165, 1.54) is 13.4 Å². The average Bonchev–Trinajstić information content (AvgIpc) is 3.30. The van der Waals surface area contributed by atoms with Crippen molar-refractivity contribution >= 4 is 11.7 Å². The quantitative estimate of drug-likeness (QED) is 0.457. The van der Waals surface area contributed by atoms with Crippen molar-refractivity contribution in [2.45, 2.75) is 24.3 Å². The highest BCUT2D eigenvalue weighted by Gasteiger charge is 2.53. The molecule has 0 unspecified atom stereocenters. The van der Waals surface area contributed by atoms with Crippen LogP contribution in [0.1, 0.15) is 30.1 Å². The van der Waals surface area contributed by atoms with Crippen LogP contribution in [0.15, 0.2) is 58.1 Å². The predicted molar refractivity (Wildman–Crippen MR) is 90.3 cm³/mol. The number of benzene rings is 1. The van der Waals surface area contributed by atoms with Crippen LogP contribution < -0.4 is 0 Å². The number of nitrogens with zero attached hydrogens (tertiary/aromatic N) is 2. The lowest BCUT2D eigenvalue weighted by Crippen LogP contribution is -2.44. The number of nitro groups is 1. The first-order valence-corrected chi connectivity index (χ1v) is 7.94. The fourth-order valence-electron chi connectivity index (χ4n) is 3.33. The number of carbonyl (C=O) groups is 1. The van der Waals surface area contributed by atoms with Crippen LogP contribution in [0.3, 0.4) is 0 Å². The van der Waals surface area contributed by atoms with Crippen LogP contribution in [0.5, 0.6) is 0 Å². The maximum atomic E-state index is 12.6. The molecule has 2 heterocycles. The molecular weight excluding hydrogens is 324 g/mol. The Hall–Kier alpha value is -2.96. The summed E-state index contributed by atoms with van der Waals surface area (Å²) in [6.45, 7) is -0.464. The standard InChI is InChI=1S/C18H18N2O5/c1-24-17(21)18(14(12-20(22)23)16-8-5-11-25-16)10-9-15(19-18)13-6-3-2-4-7-13/h2-8,11,14H,9-10,12H2,1H3/t14-,18+/m0/s1. The number of methoxy groups -OCH3 is 1. The zero-order valence-electron chi connectivity index (χ0n) is 13.8. The summed E-state index contributed by atoms with van der Waals surface area (Å²) < 4.78 is 10.4. The Labute approximate surface area is 144 Å². The van der Waals surface area contributed by atoms with Gasteiger partial charge in [0.2, 0.25) is 6.54 Å². The van der Waals surface area contributed by atoms with Crippen molar-refractivity contribution in [3.05, 3.63) is 70.2 Å². The van der Waals surface area contributed by atoms with E-state index in [1.807, 2.05) is 30.3 Å². The van der Waals surface area contributed by atoms with E-state index in [-0.39, 0.29) is 0 Å². The SMILES string of the molecule is COC(=O)[C@]1([C@@H](C[N+](=O)[O-])c2ccco2)CCC(c2ccccc2)=N1. The van der Waals surface area contributed by atoms with Crippen molar-refractivity contribution < 1.29 is 18.9 Å². The Kier molecular flexibility index (Phi) is 4.65. The van der Waals surface area contributed by atoms with E-state index in [4.69, 9.17) is 9.15 Å². The first-order valence-electron chi connectivity index (χ1n) is 7.94. The van der Waals surface area contributed by atoms with Gasteiger partial charge in [0.15, 0.2) is 5.54 Å². The molecular formula is C18H18N2O5. The zero-order chi connectivity index (χ0) is 17.9. The minimum Gasteiger partial charge on any atom is -0.469 e. The molecule has 0 N–H and O–H groups in total. The molecule has 0 saturated carbocycles. The van der Waals surface area contributed by atoms with Crippen molar-refractivity contribution in [3.63, 3.8) is 0 Å². The van der Waals surface area contributed by atoms with Gasteiger partial charge in [0, 0.05) is 10.6 Å². The molecule has 7 heteroatoms. The lowest BCUT2D eigenvalue weighted by Gasteiger charge is -2.28. The van der Waals surface area contributed by atoms with Crippen LogP contribution in [0.2, 0.25) is 0 Å². The number of rotatable bonds is 6. The number of carbonyl (C=O) groups excluding carboxylic acids is 1. The molecule has 2 atom stereocenters. The minimum atomic E-state index is -1.36. The number of aliphatic imine (C=N–C) groups is 1. The fourth-order valence-corrected chi connectivity index (χ4v) is 3.33. The van der Waals surface area contributed by atoms with Gasteiger partial charge in [0.1, 0.15) is 11.7 Å². The normalized spacial score (nSPS) is 20.8. The molecule has 0 bridgehead atoms. The maximum absolute atomic E-state index is 12.6. The largest absolute Gasteiger partial charge is 0.469 e. The lowest BCUT2D eigenvalue weighted by molar-refractivity contribution is -0.485. The number of ether oxygens (including phenoxy) is 1. The van der Waals surface area contributed by atoms with Crippen LogP contribution in [-0.2, 0) is 9.53 Å². The molecule has 0 spiro atoms. The molecule has 0 radical (unpaired) electrons. The molecule has 2 aromatic rings. The molecule has 0 fully saturated rings. The van der Waals surface area contributed by atoms with Gasteiger partial charge < -0.3 is 9.15 Å². The highest BCUT2D eigenvalue weighted by molar-refractivity contribution is 6.05. The summed E-state index contributed by atoms with van der Waals surface area (Å²) in [6, 6.07) is 12.8. The van der Waals surface area contributed by atoms with Crippen molar-refractivity contribution in [2.75, 3.05) is 13.7 Å². The molecule has 25 heavy (non-hydrogen) atoms. The maximum Gasteiger partial charge on any atom is 0.334 e. The number of furan rings is 1. The lowest BCUT2D eigenvalue weighted by atomic mass is 9.80. The van der Waals surface area contributed by atoms with Crippen molar-refractivity contribution in [3.8, 4) is 0 Å². The average molecular weight is 342 g/mol. The van der Waals surface area contributed by atoms with Gasteiger partial charge in [-0.15, -0.1) is 0 Å². The Balaban J connectivity index is 2.08. The smallest absolute Gasteiger partial charge is 0.334 e. The van der Waals surface area contributed by atoms with Gasteiger partial charge >= 0.3 is 5.97 Å². The summed E-state index contributed by atoms with van der Waals surface area (Å²) in [5.74, 6) is -1.05. The van der Waals surface area contributed by atoms with Gasteiger partial charge in [-0.1, -0.05) is 30.3 Å². The van der Waals surface area contributed by atoms with Crippen LogP contribution in [0.4, 0.5) is 0 Å². The van der Waals surface area contributed by atoms with Crippen LogP contribution >= 0.6 is 0 Å². The highest BCUT2D eigenvalue weighted by atomic mass is 16.6. The molecule has 7 nitrogen and oxygen atoms in total. The topological polar surface area (TPSA) is 94.9 Å². The molecule has 1 aliphatic rings. The van der Waals surface area contributed by atoms with Crippen LogP contribution in [-0.4, -0.2) is 35.8 Å². The third kappa shape index (κ3) is 3.17. The minimum absolute atomic E-state index is 0.336. The molecule has 3 rings (SSSR count). The zero-order valence-corrected chi connectivity index (χ0v) is 13.8. The number of hydrogen-bond acceptors (Lipinski definition) is 6. The van der Waals surface area contributed by atoms with Crippen molar-refractivity contribution in [1.29, 1.82) is 0 Å². The molecule has 0 aliphatic carbocycles. The van der Waals surface area contributed by atoms with Crippen molar-refractivity contribution in [2.24, 2.45) is 4.99 Å². The van der Waals surface area contributed by atoms with E-state index in [0.29, 0.717) is 18.6 Å². The third-order valence-electron chi connectivity index (χ3n) is 4.52. The van der Waals surface area contributed by atoms with E-state index in [1.54, 1.807) is 12.1 Å². The van der Waals surface area contributed by atoms with E-state index in [2.05, 4.69) is 4.99 Å². The van der Waals surface area contributed by atoms with Crippen LogP contribution in [0, 0.1) is 10.1 Å². The van der Waals surface area contributed by atoms with Gasteiger partial charge in [-0.05, 0) is 30.5 Å². The number of hydrogen-bond donors (Lipinski definition) is 0. The van der Waals surface area contributed by atoms with Gasteiger partial charge in [-0.25, -0.2) is 4.79 Å². The molecule has 1 aromatic heterocycles. The van der Waals surface area contributed by atoms with Gasteiger partial charge in [-0.2, -0.15) is 0 Å². The Morgan fingerprint density at radius 2 is 2.12 bits per heavy atom. The fraction of sp³-hybridized carbons (Fsp3) is 0.333. The van der Waals surface area contributed by atoms with Gasteiger partial charge in [0.05, 0.1) is 13.4 Å². The van der Waals surface area contributed by atoms with E-state index in [9.17, 15) is 14.9 Å². The second-order valence-corrected chi connectivity index (χ2v) is 5.92. The summed E-state index contributed by atoms with van der Waals surface area (Å²) in [4.78, 5) is 28.1. The molecule has 130 valence electrons. The Morgan fingerprint density at radius 1 is 1.36 bits per heavy atom. The van der Waals surface area contributed by atoms with E-state index < -0.39 is 28.9 Å². The molecule has 0 amide bonds. The summed E-state index contributed by atoms with van der Waals surface area (Å²) in [5.41, 5.74) is 0.281. The second kappa shape index (κ2) is 6.88. The molecule has 1 aliphatic heterocycles. The summed E-state index contributed by atoms with van der Waals surface area (Å²) in [5, 5.41) is 11.2. The van der Waals surface area contributed by atoms with Gasteiger partial charge in [-0.3, -0.25) is 15.1 Å². The third-order valence-corrected chi connectivity index (χ3v) is 4.52.